The van der Waals surface area contributed by atoms with Crippen LogP contribution >= 0.6 is 0 Å². The average molecular weight is 582 g/mol. The van der Waals surface area contributed by atoms with Gasteiger partial charge in [0.25, 0.3) is 0 Å². The lowest BCUT2D eigenvalue weighted by Gasteiger charge is -2.43. The van der Waals surface area contributed by atoms with Crippen LogP contribution in [0.25, 0.3) is 0 Å². The number of rotatable bonds is 12. The van der Waals surface area contributed by atoms with Crippen LogP contribution in [0.15, 0.2) is 30.3 Å². The van der Waals surface area contributed by atoms with E-state index in [4.69, 9.17) is 0 Å². The molecule has 1 nitrogen and oxygen atoms in total. The molecule has 0 heterocycles. The van der Waals surface area contributed by atoms with E-state index < -0.39 is 66.6 Å². The highest BCUT2D eigenvalue weighted by molar-refractivity contribution is 5.16. The highest BCUT2D eigenvalue weighted by Crippen LogP contribution is 2.64. The second kappa shape index (κ2) is 9.94. The molecule has 1 atom stereocenters. The summed E-state index contributed by atoms with van der Waals surface area (Å²) in [6, 6.07) is 7.53. The van der Waals surface area contributed by atoms with Gasteiger partial charge in [0, 0.05) is 6.42 Å². The van der Waals surface area contributed by atoms with Crippen molar-refractivity contribution in [2.45, 2.75) is 79.4 Å². The van der Waals surface area contributed by atoms with E-state index in [1.807, 2.05) is 0 Å². The van der Waals surface area contributed by atoms with Crippen molar-refractivity contribution in [3.63, 3.8) is 0 Å². The molecule has 0 aliphatic carbocycles. The molecule has 1 rings (SSSR count). The zero-order chi connectivity index (χ0) is 29.5. The monoisotopic (exact) mass is 582 g/mol. The van der Waals surface area contributed by atoms with Gasteiger partial charge in [-0.3, -0.25) is 0 Å². The Labute approximate surface area is 196 Å². The average Bonchev–Trinajstić information content (AvgIpc) is 2.72. The van der Waals surface area contributed by atoms with E-state index in [1.54, 1.807) is 6.07 Å². The molecule has 1 N–H and O–H groups in total. The third kappa shape index (κ3) is 5.44. The molecule has 1 aromatic rings. The van der Waals surface area contributed by atoms with Crippen LogP contribution in [-0.4, -0.2) is 58.8 Å². The number of aliphatic hydroxyl groups is 1. The SMILES string of the molecule is OC(CCCc1ccccc1)CC(F)(F)C(F)(F)C(F)(F)C(F)(F)C(F)(F)C(F)(F)C(F)(F)C(F)(F)F. The fraction of sp³-hybridized carbons (Fsp3) is 0.684. The van der Waals surface area contributed by atoms with Gasteiger partial charge >= 0.3 is 47.6 Å². The summed E-state index contributed by atoms with van der Waals surface area (Å²) in [5.41, 5.74) is 0.511. The Kier molecular flexibility index (Phi) is 8.87. The van der Waals surface area contributed by atoms with Crippen LogP contribution in [0.4, 0.5) is 74.6 Å². The van der Waals surface area contributed by atoms with Gasteiger partial charge in [0.1, 0.15) is 0 Å². The molecule has 0 aliphatic rings. The summed E-state index contributed by atoms with van der Waals surface area (Å²) in [6.07, 6.45) is -14.5. The maximum absolute atomic E-state index is 13.9. The van der Waals surface area contributed by atoms with E-state index >= 15 is 0 Å². The number of alkyl halides is 17. The largest absolute Gasteiger partial charge is 0.460 e. The van der Waals surface area contributed by atoms with Gasteiger partial charge < -0.3 is 5.11 Å². The molecule has 1 unspecified atom stereocenters. The van der Waals surface area contributed by atoms with E-state index in [0.29, 0.717) is 5.56 Å². The van der Waals surface area contributed by atoms with Crippen molar-refractivity contribution in [2.24, 2.45) is 0 Å². The van der Waals surface area contributed by atoms with E-state index in [0.717, 1.165) is 0 Å². The van der Waals surface area contributed by atoms with E-state index in [2.05, 4.69) is 0 Å². The minimum Gasteiger partial charge on any atom is -0.393 e. The first kappa shape index (κ1) is 33.0. The van der Waals surface area contributed by atoms with Crippen molar-refractivity contribution in [3.8, 4) is 0 Å². The Morgan fingerprint density at radius 1 is 0.541 bits per heavy atom. The predicted octanol–water partition coefficient (Wildman–Crippen LogP) is 7.77. The van der Waals surface area contributed by atoms with Crippen molar-refractivity contribution in [2.75, 3.05) is 0 Å². The van der Waals surface area contributed by atoms with Crippen LogP contribution in [-0.2, 0) is 6.42 Å². The zero-order valence-corrected chi connectivity index (χ0v) is 17.7. The van der Waals surface area contributed by atoms with Crippen LogP contribution in [0.3, 0.4) is 0 Å². The molecule has 0 spiro atoms. The molecule has 0 saturated carbocycles. The van der Waals surface area contributed by atoms with E-state index in [1.165, 1.54) is 24.3 Å². The number of hydrogen-bond donors (Lipinski definition) is 1. The lowest BCUT2D eigenvalue weighted by Crippen LogP contribution is -2.74. The molecule has 37 heavy (non-hydrogen) atoms. The van der Waals surface area contributed by atoms with Crippen molar-refractivity contribution in [1.29, 1.82) is 0 Å². The Morgan fingerprint density at radius 3 is 1.32 bits per heavy atom. The molecule has 0 radical (unpaired) electrons. The van der Waals surface area contributed by atoms with Crippen LogP contribution in [0.1, 0.15) is 24.8 Å². The van der Waals surface area contributed by atoms with Gasteiger partial charge in [-0.25, -0.2) is 0 Å². The fourth-order valence-corrected chi connectivity index (χ4v) is 2.91. The normalized spacial score (nSPS) is 16.2. The topological polar surface area (TPSA) is 20.2 Å². The fourth-order valence-electron chi connectivity index (χ4n) is 2.91. The summed E-state index contributed by atoms with van der Waals surface area (Å²) >= 11 is 0. The summed E-state index contributed by atoms with van der Waals surface area (Å²) in [7, 11) is 0. The van der Waals surface area contributed by atoms with Crippen molar-refractivity contribution < 1.29 is 79.7 Å². The molecular weight excluding hydrogens is 567 g/mol. The van der Waals surface area contributed by atoms with Crippen molar-refractivity contribution in [1.82, 2.24) is 0 Å². The summed E-state index contributed by atoms with van der Waals surface area (Å²) in [4.78, 5) is 0. The minimum atomic E-state index is -8.66. The van der Waals surface area contributed by atoms with Gasteiger partial charge in [0.15, 0.2) is 0 Å². The molecule has 0 aliphatic heterocycles. The quantitative estimate of drug-likeness (QED) is 0.250. The van der Waals surface area contributed by atoms with Gasteiger partial charge in [-0.05, 0) is 24.8 Å². The molecular formula is C19H15F17O. The summed E-state index contributed by atoms with van der Waals surface area (Å²) in [5.74, 6) is -56.7. The van der Waals surface area contributed by atoms with Crippen LogP contribution in [0.5, 0.6) is 0 Å². The molecule has 0 aromatic heterocycles. The zero-order valence-electron chi connectivity index (χ0n) is 17.7. The number of halogens is 17. The smallest absolute Gasteiger partial charge is 0.393 e. The maximum atomic E-state index is 13.9. The first-order valence-corrected chi connectivity index (χ1v) is 9.66. The highest BCUT2D eigenvalue weighted by Gasteiger charge is 2.95. The Hall–Kier alpha value is -2.01. The van der Waals surface area contributed by atoms with Gasteiger partial charge in [-0.2, -0.15) is 74.6 Å². The second-order valence-electron chi connectivity index (χ2n) is 7.88. The molecule has 0 saturated heterocycles. The van der Waals surface area contributed by atoms with Gasteiger partial charge in [-0.15, -0.1) is 0 Å². The molecule has 0 fully saturated rings. The Morgan fingerprint density at radius 2 is 0.919 bits per heavy atom. The Balaban J connectivity index is 3.24. The number of aliphatic hydroxyl groups excluding tert-OH is 1. The lowest BCUT2D eigenvalue weighted by atomic mass is 9.87. The predicted molar refractivity (Wildman–Crippen MR) is 90.7 cm³/mol. The summed E-state index contributed by atoms with van der Waals surface area (Å²) in [6.45, 7) is 0. The van der Waals surface area contributed by atoms with E-state index in [-0.39, 0.29) is 12.8 Å². The molecule has 18 heteroatoms. The first-order chi connectivity index (χ1) is 16.2. The van der Waals surface area contributed by atoms with Gasteiger partial charge in [-0.1, -0.05) is 30.3 Å². The van der Waals surface area contributed by atoms with E-state index in [9.17, 15) is 79.7 Å². The van der Waals surface area contributed by atoms with Crippen LogP contribution in [0.2, 0.25) is 0 Å². The third-order valence-corrected chi connectivity index (χ3v) is 5.12. The Bertz CT molecular complexity index is 892. The standard InChI is InChI=1S/C19H15F17O/c20-12(21,9-11(37)8-4-7-10-5-2-1-3-6-10)13(22,23)14(24,25)15(26,27)16(28,29)17(30,31)18(32,33)19(34,35)36/h1-3,5-6,11,37H,4,7-9H2. The van der Waals surface area contributed by atoms with Gasteiger partial charge in [0.05, 0.1) is 6.10 Å². The molecule has 0 amide bonds. The van der Waals surface area contributed by atoms with Crippen LogP contribution < -0.4 is 0 Å². The summed E-state index contributed by atoms with van der Waals surface area (Å²) in [5, 5.41) is 9.44. The third-order valence-electron chi connectivity index (χ3n) is 5.12. The summed E-state index contributed by atoms with van der Waals surface area (Å²) < 4.78 is 225. The second-order valence-corrected chi connectivity index (χ2v) is 7.88. The number of hydrogen-bond acceptors (Lipinski definition) is 1. The van der Waals surface area contributed by atoms with Crippen molar-refractivity contribution >= 4 is 0 Å². The molecule has 216 valence electrons. The minimum absolute atomic E-state index is 0.0111. The number of aryl methyl sites for hydroxylation is 1. The highest BCUT2D eigenvalue weighted by atomic mass is 19.4. The first-order valence-electron chi connectivity index (χ1n) is 9.66. The number of benzene rings is 1. The maximum Gasteiger partial charge on any atom is 0.460 e. The lowest BCUT2D eigenvalue weighted by molar-refractivity contribution is -0.462. The van der Waals surface area contributed by atoms with Crippen molar-refractivity contribution in [3.05, 3.63) is 35.9 Å². The van der Waals surface area contributed by atoms with Crippen LogP contribution in [0, 0.1) is 0 Å². The molecule has 0 bridgehead atoms. The van der Waals surface area contributed by atoms with Gasteiger partial charge in [0.2, 0.25) is 0 Å². The molecule has 1 aromatic carbocycles.